The lowest BCUT2D eigenvalue weighted by atomic mass is 10.0. The van der Waals surface area contributed by atoms with Gasteiger partial charge in [0.15, 0.2) is 11.5 Å². The zero-order chi connectivity index (χ0) is 13.9. The van der Waals surface area contributed by atoms with E-state index in [0.29, 0.717) is 13.2 Å². The average molecular weight is 272 g/mol. The number of fused-ring (bicyclic) bond motifs is 1. The zero-order valence-electron chi connectivity index (χ0n) is 11.3. The van der Waals surface area contributed by atoms with E-state index in [9.17, 15) is 5.11 Å². The Labute approximate surface area is 117 Å². The summed E-state index contributed by atoms with van der Waals surface area (Å²) in [5.74, 6) is 2.24. The van der Waals surface area contributed by atoms with Crippen molar-refractivity contribution in [1.29, 1.82) is 0 Å². The van der Waals surface area contributed by atoms with Crippen molar-refractivity contribution in [2.45, 2.75) is 6.61 Å². The van der Waals surface area contributed by atoms with Crippen molar-refractivity contribution in [1.82, 2.24) is 0 Å². The van der Waals surface area contributed by atoms with Gasteiger partial charge >= 0.3 is 0 Å². The highest BCUT2D eigenvalue weighted by atomic mass is 16.6. The molecule has 2 aromatic carbocycles. The molecule has 4 heteroatoms. The third kappa shape index (κ3) is 2.42. The molecule has 1 N–H and O–H groups in total. The lowest BCUT2D eigenvalue weighted by molar-refractivity contribution is 0.171. The van der Waals surface area contributed by atoms with Crippen LogP contribution in [0, 0.1) is 0 Å². The predicted molar refractivity (Wildman–Crippen MR) is 75.3 cm³/mol. The van der Waals surface area contributed by atoms with Crippen LogP contribution in [-0.4, -0.2) is 25.4 Å². The molecule has 1 aliphatic rings. The monoisotopic (exact) mass is 272 g/mol. The standard InChI is InChI=1S/C16H16O4/c1-18-14-7-11(10-17)6-13(8-14)12-2-3-15-16(9-12)20-5-4-19-15/h2-3,6-9,17H,4-5,10H2,1H3. The second-order valence-corrected chi connectivity index (χ2v) is 4.59. The van der Waals surface area contributed by atoms with Crippen molar-refractivity contribution < 1.29 is 19.3 Å². The molecule has 0 saturated carbocycles. The van der Waals surface area contributed by atoms with Crippen molar-refractivity contribution in [2.24, 2.45) is 0 Å². The SMILES string of the molecule is COc1cc(CO)cc(-c2ccc3c(c2)OCCO3)c1. The van der Waals surface area contributed by atoms with Crippen molar-refractivity contribution in [3.05, 3.63) is 42.0 Å². The molecule has 2 aromatic rings. The maximum absolute atomic E-state index is 9.32. The van der Waals surface area contributed by atoms with Gasteiger partial charge in [-0.2, -0.15) is 0 Å². The lowest BCUT2D eigenvalue weighted by Crippen LogP contribution is -2.15. The summed E-state index contributed by atoms with van der Waals surface area (Å²) in [6, 6.07) is 11.5. The summed E-state index contributed by atoms with van der Waals surface area (Å²) in [7, 11) is 1.62. The molecule has 1 aliphatic heterocycles. The number of methoxy groups -OCH3 is 1. The van der Waals surface area contributed by atoms with Gasteiger partial charge in [-0.1, -0.05) is 6.07 Å². The second kappa shape index (κ2) is 5.43. The van der Waals surface area contributed by atoms with Crippen LogP contribution >= 0.6 is 0 Å². The molecule has 3 rings (SSSR count). The number of benzene rings is 2. The van der Waals surface area contributed by atoms with Crippen LogP contribution in [0.2, 0.25) is 0 Å². The molecule has 20 heavy (non-hydrogen) atoms. The van der Waals surface area contributed by atoms with E-state index >= 15 is 0 Å². The zero-order valence-corrected chi connectivity index (χ0v) is 11.3. The molecule has 0 spiro atoms. The van der Waals surface area contributed by atoms with Crippen molar-refractivity contribution in [3.8, 4) is 28.4 Å². The minimum absolute atomic E-state index is 0.0191. The molecule has 0 aliphatic carbocycles. The van der Waals surface area contributed by atoms with Gasteiger partial charge in [-0.15, -0.1) is 0 Å². The fraction of sp³-hybridized carbons (Fsp3) is 0.250. The van der Waals surface area contributed by atoms with E-state index in [1.54, 1.807) is 7.11 Å². The molecule has 0 saturated heterocycles. The summed E-state index contributed by atoms with van der Waals surface area (Å²) in [5, 5.41) is 9.32. The first-order valence-corrected chi connectivity index (χ1v) is 6.49. The summed E-state index contributed by atoms with van der Waals surface area (Å²) in [6.45, 7) is 1.13. The summed E-state index contributed by atoms with van der Waals surface area (Å²) in [6.07, 6.45) is 0. The van der Waals surface area contributed by atoms with Crippen LogP contribution in [-0.2, 0) is 6.61 Å². The first-order chi connectivity index (χ1) is 9.80. The fourth-order valence-corrected chi connectivity index (χ4v) is 2.26. The molecular formula is C16H16O4. The van der Waals surface area contributed by atoms with Crippen LogP contribution in [0.1, 0.15) is 5.56 Å². The Morgan fingerprint density at radius 3 is 2.55 bits per heavy atom. The second-order valence-electron chi connectivity index (χ2n) is 4.59. The van der Waals surface area contributed by atoms with E-state index in [4.69, 9.17) is 14.2 Å². The molecular weight excluding hydrogens is 256 g/mol. The highest BCUT2D eigenvalue weighted by molar-refractivity contribution is 5.69. The molecule has 104 valence electrons. The number of ether oxygens (including phenoxy) is 3. The molecule has 0 amide bonds. The van der Waals surface area contributed by atoms with Gasteiger partial charge in [0.2, 0.25) is 0 Å². The summed E-state index contributed by atoms with van der Waals surface area (Å²) in [4.78, 5) is 0. The third-order valence-electron chi connectivity index (χ3n) is 3.26. The molecule has 0 fully saturated rings. The quantitative estimate of drug-likeness (QED) is 0.933. The fourth-order valence-electron chi connectivity index (χ4n) is 2.26. The van der Waals surface area contributed by atoms with E-state index in [1.165, 1.54) is 0 Å². The Morgan fingerprint density at radius 1 is 1.00 bits per heavy atom. The Balaban J connectivity index is 2.03. The van der Waals surface area contributed by atoms with Gasteiger partial charge in [-0.25, -0.2) is 0 Å². The number of aliphatic hydroxyl groups is 1. The normalized spacial score (nSPS) is 13.1. The summed E-state index contributed by atoms with van der Waals surface area (Å²) >= 11 is 0. The van der Waals surface area contributed by atoms with Crippen LogP contribution < -0.4 is 14.2 Å². The van der Waals surface area contributed by atoms with E-state index in [1.807, 2.05) is 36.4 Å². The lowest BCUT2D eigenvalue weighted by Gasteiger charge is -2.19. The summed E-state index contributed by atoms with van der Waals surface area (Å²) < 4.78 is 16.4. The van der Waals surface area contributed by atoms with Gasteiger partial charge in [0, 0.05) is 0 Å². The molecule has 0 aromatic heterocycles. The van der Waals surface area contributed by atoms with E-state index < -0.39 is 0 Å². The van der Waals surface area contributed by atoms with Gasteiger partial charge in [-0.3, -0.25) is 0 Å². The van der Waals surface area contributed by atoms with Crippen LogP contribution in [0.5, 0.6) is 17.2 Å². The Morgan fingerprint density at radius 2 is 1.80 bits per heavy atom. The Kier molecular flexibility index (Phi) is 3.48. The van der Waals surface area contributed by atoms with Crippen LogP contribution in [0.3, 0.4) is 0 Å². The number of hydrogen-bond donors (Lipinski definition) is 1. The van der Waals surface area contributed by atoms with Gasteiger partial charge in [0.25, 0.3) is 0 Å². The van der Waals surface area contributed by atoms with Crippen LogP contribution in [0.25, 0.3) is 11.1 Å². The third-order valence-corrected chi connectivity index (χ3v) is 3.26. The predicted octanol–water partition coefficient (Wildman–Crippen LogP) is 2.63. The maximum atomic E-state index is 9.32. The smallest absolute Gasteiger partial charge is 0.161 e. The molecule has 0 atom stereocenters. The van der Waals surface area contributed by atoms with E-state index in [0.717, 1.165) is 33.9 Å². The topological polar surface area (TPSA) is 47.9 Å². The Hall–Kier alpha value is -2.20. The molecule has 0 radical (unpaired) electrons. The molecule has 4 nitrogen and oxygen atoms in total. The van der Waals surface area contributed by atoms with Crippen molar-refractivity contribution >= 4 is 0 Å². The highest BCUT2D eigenvalue weighted by Crippen LogP contribution is 2.35. The van der Waals surface area contributed by atoms with Gasteiger partial charge in [-0.05, 0) is 47.0 Å². The van der Waals surface area contributed by atoms with Crippen LogP contribution in [0.15, 0.2) is 36.4 Å². The van der Waals surface area contributed by atoms with Gasteiger partial charge < -0.3 is 19.3 Å². The highest BCUT2D eigenvalue weighted by Gasteiger charge is 2.13. The Bertz CT molecular complexity index is 600. The number of aliphatic hydroxyl groups excluding tert-OH is 1. The minimum Gasteiger partial charge on any atom is -0.497 e. The minimum atomic E-state index is -0.0191. The average Bonchev–Trinajstić information content (AvgIpc) is 2.53. The van der Waals surface area contributed by atoms with Crippen molar-refractivity contribution in [2.75, 3.05) is 20.3 Å². The van der Waals surface area contributed by atoms with Crippen molar-refractivity contribution in [3.63, 3.8) is 0 Å². The van der Waals surface area contributed by atoms with Gasteiger partial charge in [0.05, 0.1) is 13.7 Å². The van der Waals surface area contributed by atoms with E-state index in [2.05, 4.69) is 0 Å². The first-order valence-electron chi connectivity index (χ1n) is 6.49. The molecule has 0 unspecified atom stereocenters. The molecule has 0 bridgehead atoms. The number of hydrogen-bond acceptors (Lipinski definition) is 4. The van der Waals surface area contributed by atoms with Crippen LogP contribution in [0.4, 0.5) is 0 Å². The molecule has 1 heterocycles. The largest absolute Gasteiger partial charge is 0.497 e. The van der Waals surface area contributed by atoms with Gasteiger partial charge in [0.1, 0.15) is 19.0 Å². The first kappa shape index (κ1) is 12.8. The van der Waals surface area contributed by atoms with E-state index in [-0.39, 0.29) is 6.61 Å². The summed E-state index contributed by atoms with van der Waals surface area (Å²) in [5.41, 5.74) is 2.79. The number of rotatable bonds is 3. The maximum Gasteiger partial charge on any atom is 0.161 e.